The van der Waals surface area contributed by atoms with Crippen LogP contribution in [-0.4, -0.2) is 41.1 Å². The maximum Gasteiger partial charge on any atom is 0.239 e. The molecule has 0 spiro atoms. The lowest BCUT2D eigenvalue weighted by Gasteiger charge is -2.24. The van der Waals surface area contributed by atoms with Crippen molar-refractivity contribution in [3.05, 3.63) is 35.9 Å². The average molecular weight is 308 g/mol. The molecule has 1 aromatic rings. The molecule has 0 saturated carbocycles. The first kappa shape index (κ1) is 17.6. The van der Waals surface area contributed by atoms with Crippen molar-refractivity contribution >= 4 is 24.4 Å². The van der Waals surface area contributed by atoms with Gasteiger partial charge in [0.25, 0.3) is 0 Å². The maximum absolute atomic E-state index is 12.4. The van der Waals surface area contributed by atoms with Crippen LogP contribution in [0.1, 0.15) is 26.3 Å². The molecule has 0 saturated heterocycles. The monoisotopic (exact) mass is 308 g/mol. The first-order valence-electron chi connectivity index (χ1n) is 7.24. The van der Waals surface area contributed by atoms with Gasteiger partial charge in [0.05, 0.1) is 11.8 Å². The van der Waals surface area contributed by atoms with Gasteiger partial charge < -0.3 is 10.2 Å². The van der Waals surface area contributed by atoms with Gasteiger partial charge in [0, 0.05) is 12.6 Å². The van der Waals surface area contributed by atoms with Gasteiger partial charge in [-0.25, -0.2) is 0 Å². The fraction of sp³-hybridized carbons (Fsp3) is 0.500. The molecule has 0 aromatic heterocycles. The predicted molar refractivity (Wildman–Crippen MR) is 88.5 cm³/mol. The summed E-state index contributed by atoms with van der Waals surface area (Å²) in [4.78, 5) is 25.7. The van der Waals surface area contributed by atoms with Crippen LogP contribution >= 0.6 is 12.6 Å². The summed E-state index contributed by atoms with van der Waals surface area (Å²) in [5.41, 5.74) is 1.06. The van der Waals surface area contributed by atoms with Gasteiger partial charge in [-0.05, 0) is 32.8 Å². The first-order valence-corrected chi connectivity index (χ1v) is 7.75. The van der Waals surface area contributed by atoms with Crippen LogP contribution in [-0.2, 0) is 16.0 Å². The molecule has 21 heavy (non-hydrogen) atoms. The summed E-state index contributed by atoms with van der Waals surface area (Å²) in [6.07, 6.45) is 0.561. The fourth-order valence-corrected chi connectivity index (χ4v) is 2.40. The Morgan fingerprint density at radius 1 is 1.24 bits per heavy atom. The third-order valence-electron chi connectivity index (χ3n) is 3.03. The van der Waals surface area contributed by atoms with E-state index in [-0.39, 0.29) is 24.4 Å². The number of likely N-dealkylation sites (N-methyl/N-ethyl adjacent to an activating group) is 1. The minimum Gasteiger partial charge on any atom is -0.352 e. The number of nitrogens with one attached hydrogen (secondary N) is 1. The van der Waals surface area contributed by atoms with Crippen molar-refractivity contribution in [1.29, 1.82) is 0 Å². The topological polar surface area (TPSA) is 49.4 Å². The van der Waals surface area contributed by atoms with Crippen molar-refractivity contribution in [2.75, 3.05) is 13.1 Å². The number of benzene rings is 1. The normalized spacial score (nSPS) is 12.0. The van der Waals surface area contributed by atoms with Gasteiger partial charge in [0.1, 0.15) is 0 Å². The van der Waals surface area contributed by atoms with E-state index >= 15 is 0 Å². The molecule has 1 atom stereocenters. The number of carbonyl (C=O) groups is 2. The molecule has 116 valence electrons. The van der Waals surface area contributed by atoms with Crippen molar-refractivity contribution in [1.82, 2.24) is 10.2 Å². The van der Waals surface area contributed by atoms with Gasteiger partial charge in [0.15, 0.2) is 0 Å². The SMILES string of the molecule is CCN(CC(=O)NC(C)C)C(=O)C(S)Cc1ccccc1. The molecule has 1 N–H and O–H groups in total. The van der Waals surface area contributed by atoms with E-state index in [1.54, 1.807) is 4.90 Å². The lowest BCUT2D eigenvalue weighted by Crippen LogP contribution is -2.45. The third kappa shape index (κ3) is 6.21. The molecule has 0 fully saturated rings. The number of thiol groups is 1. The van der Waals surface area contributed by atoms with Gasteiger partial charge in [-0.2, -0.15) is 12.6 Å². The number of nitrogens with zero attached hydrogens (tertiary/aromatic N) is 1. The van der Waals surface area contributed by atoms with E-state index < -0.39 is 5.25 Å². The predicted octanol–water partition coefficient (Wildman–Crippen LogP) is 1.90. The van der Waals surface area contributed by atoms with Gasteiger partial charge in [-0.1, -0.05) is 30.3 Å². The standard InChI is InChI=1S/C16H24N2O2S/c1-4-18(11-15(19)17-12(2)3)16(20)14(21)10-13-8-6-5-7-9-13/h5-9,12,14,21H,4,10-11H2,1-3H3,(H,17,19). The van der Waals surface area contributed by atoms with Crippen LogP contribution in [0.15, 0.2) is 30.3 Å². The minimum atomic E-state index is -0.431. The Hall–Kier alpha value is -1.49. The van der Waals surface area contributed by atoms with Crippen molar-refractivity contribution in [2.24, 2.45) is 0 Å². The molecule has 1 unspecified atom stereocenters. The quantitative estimate of drug-likeness (QED) is 0.756. The van der Waals surface area contributed by atoms with E-state index in [0.717, 1.165) is 5.56 Å². The smallest absolute Gasteiger partial charge is 0.239 e. The Morgan fingerprint density at radius 2 is 1.86 bits per heavy atom. The Kier molecular flexibility index (Phi) is 7.29. The van der Waals surface area contributed by atoms with Crippen molar-refractivity contribution in [3.8, 4) is 0 Å². The van der Waals surface area contributed by atoms with Gasteiger partial charge in [-0.3, -0.25) is 9.59 Å². The molecule has 2 amide bonds. The largest absolute Gasteiger partial charge is 0.352 e. The summed E-state index contributed by atoms with van der Waals surface area (Å²) in [5.74, 6) is -0.246. The van der Waals surface area contributed by atoms with Crippen molar-refractivity contribution in [3.63, 3.8) is 0 Å². The third-order valence-corrected chi connectivity index (χ3v) is 3.44. The average Bonchev–Trinajstić information content (AvgIpc) is 2.44. The zero-order valence-electron chi connectivity index (χ0n) is 12.9. The highest BCUT2D eigenvalue weighted by Gasteiger charge is 2.22. The highest BCUT2D eigenvalue weighted by atomic mass is 32.1. The van der Waals surface area contributed by atoms with Crippen LogP contribution in [0.4, 0.5) is 0 Å². The van der Waals surface area contributed by atoms with E-state index in [2.05, 4.69) is 17.9 Å². The second kappa shape index (κ2) is 8.72. The van der Waals surface area contributed by atoms with Crippen LogP contribution in [0.5, 0.6) is 0 Å². The van der Waals surface area contributed by atoms with Gasteiger partial charge in [0.2, 0.25) is 11.8 Å². The first-order chi connectivity index (χ1) is 9.93. The van der Waals surface area contributed by atoms with Crippen LogP contribution in [0.25, 0.3) is 0 Å². The molecular formula is C16H24N2O2S. The lowest BCUT2D eigenvalue weighted by molar-refractivity contribution is -0.135. The van der Waals surface area contributed by atoms with Crippen LogP contribution in [0.3, 0.4) is 0 Å². The zero-order chi connectivity index (χ0) is 15.8. The van der Waals surface area contributed by atoms with Crippen molar-refractivity contribution in [2.45, 2.75) is 38.5 Å². The van der Waals surface area contributed by atoms with Gasteiger partial charge in [-0.15, -0.1) is 0 Å². The fourth-order valence-electron chi connectivity index (χ4n) is 2.02. The zero-order valence-corrected chi connectivity index (χ0v) is 13.8. The van der Waals surface area contributed by atoms with E-state index in [9.17, 15) is 9.59 Å². The Labute approximate surface area is 132 Å². The summed E-state index contributed by atoms with van der Waals surface area (Å²) in [5, 5.41) is 2.36. The molecule has 1 rings (SSSR count). The van der Waals surface area contributed by atoms with Crippen LogP contribution < -0.4 is 5.32 Å². The molecular weight excluding hydrogens is 284 g/mol. The van der Waals surface area contributed by atoms with E-state index in [1.807, 2.05) is 51.1 Å². The summed E-state index contributed by atoms with van der Waals surface area (Å²) < 4.78 is 0. The number of amides is 2. The number of carbonyl (C=O) groups excluding carboxylic acids is 2. The molecule has 0 heterocycles. The number of hydrogen-bond acceptors (Lipinski definition) is 3. The molecule has 4 nitrogen and oxygen atoms in total. The van der Waals surface area contributed by atoms with E-state index in [4.69, 9.17) is 0 Å². The number of rotatable bonds is 7. The second-order valence-corrected chi connectivity index (χ2v) is 5.90. The van der Waals surface area contributed by atoms with Gasteiger partial charge >= 0.3 is 0 Å². The highest BCUT2D eigenvalue weighted by molar-refractivity contribution is 7.81. The molecule has 1 aromatic carbocycles. The summed E-state index contributed by atoms with van der Waals surface area (Å²) in [7, 11) is 0. The molecule has 5 heteroatoms. The summed E-state index contributed by atoms with van der Waals surface area (Å²) >= 11 is 4.40. The Bertz CT molecular complexity index is 463. The maximum atomic E-state index is 12.4. The lowest BCUT2D eigenvalue weighted by atomic mass is 10.1. The molecule has 0 radical (unpaired) electrons. The molecule has 0 aliphatic carbocycles. The molecule has 0 bridgehead atoms. The van der Waals surface area contributed by atoms with Crippen LogP contribution in [0, 0.1) is 0 Å². The Balaban J connectivity index is 2.59. The summed E-state index contributed by atoms with van der Waals surface area (Å²) in [6, 6.07) is 9.83. The Morgan fingerprint density at radius 3 is 2.38 bits per heavy atom. The highest BCUT2D eigenvalue weighted by Crippen LogP contribution is 2.10. The van der Waals surface area contributed by atoms with E-state index in [1.165, 1.54) is 0 Å². The number of hydrogen-bond donors (Lipinski definition) is 2. The molecule has 0 aliphatic rings. The molecule has 0 aliphatic heterocycles. The second-order valence-electron chi connectivity index (χ2n) is 5.28. The van der Waals surface area contributed by atoms with E-state index in [0.29, 0.717) is 13.0 Å². The minimum absolute atomic E-state index is 0.0717. The summed E-state index contributed by atoms with van der Waals surface area (Å²) in [6.45, 7) is 6.23. The van der Waals surface area contributed by atoms with Crippen LogP contribution in [0.2, 0.25) is 0 Å². The van der Waals surface area contributed by atoms with Crippen molar-refractivity contribution < 1.29 is 9.59 Å².